The molecule has 0 aliphatic carbocycles. The maximum atomic E-state index is 6.36. The van der Waals surface area contributed by atoms with Gasteiger partial charge < -0.3 is 5.73 Å². The van der Waals surface area contributed by atoms with Crippen LogP contribution in [0.3, 0.4) is 0 Å². The number of hydrogen-bond donors (Lipinski definition) is 1. The average Bonchev–Trinajstić information content (AvgIpc) is 2.38. The lowest BCUT2D eigenvalue weighted by Gasteiger charge is -2.41. The first-order valence-electron chi connectivity index (χ1n) is 6.56. The zero-order valence-corrected chi connectivity index (χ0v) is 12.2. The molecule has 1 aromatic carbocycles. The second-order valence-corrected chi connectivity index (χ2v) is 5.72. The van der Waals surface area contributed by atoms with Crippen LogP contribution < -0.4 is 5.73 Å². The second-order valence-electron chi connectivity index (χ2n) is 4.88. The third-order valence-corrected chi connectivity index (χ3v) is 4.41. The van der Waals surface area contributed by atoms with Gasteiger partial charge in [-0.25, -0.2) is 0 Å². The molecule has 2 nitrogen and oxygen atoms in total. The van der Waals surface area contributed by atoms with Crippen molar-refractivity contribution in [2.75, 3.05) is 19.6 Å². The molecule has 1 aliphatic rings. The molecule has 1 fully saturated rings. The standard InChI is InChI=1S/C14H20Cl2N2/c1-2-18-7-3-4-10(9-17)14(18)12-6-5-11(15)8-13(12)16/h5-6,8,10,14H,2-4,7,9,17H2,1H3. The Morgan fingerprint density at radius 2 is 2.17 bits per heavy atom. The summed E-state index contributed by atoms with van der Waals surface area (Å²) in [6, 6.07) is 6.12. The molecule has 0 radical (unpaired) electrons. The van der Waals surface area contributed by atoms with Gasteiger partial charge in [-0.3, -0.25) is 4.90 Å². The van der Waals surface area contributed by atoms with Crippen molar-refractivity contribution in [3.05, 3.63) is 33.8 Å². The lowest BCUT2D eigenvalue weighted by molar-refractivity contribution is 0.102. The third kappa shape index (κ3) is 2.83. The molecule has 2 atom stereocenters. The summed E-state index contributed by atoms with van der Waals surface area (Å²) in [5.74, 6) is 0.484. The van der Waals surface area contributed by atoms with E-state index in [1.807, 2.05) is 18.2 Å². The summed E-state index contributed by atoms with van der Waals surface area (Å²) < 4.78 is 0. The van der Waals surface area contributed by atoms with Crippen molar-refractivity contribution < 1.29 is 0 Å². The predicted molar refractivity (Wildman–Crippen MR) is 78.2 cm³/mol. The lowest BCUT2D eigenvalue weighted by atomic mass is 9.84. The van der Waals surface area contributed by atoms with Crippen molar-refractivity contribution in [2.24, 2.45) is 11.7 Å². The van der Waals surface area contributed by atoms with Crippen LogP contribution in [0.1, 0.15) is 31.4 Å². The summed E-state index contributed by atoms with van der Waals surface area (Å²) in [5.41, 5.74) is 7.10. The van der Waals surface area contributed by atoms with Crippen LogP contribution in [0.2, 0.25) is 10.0 Å². The highest BCUT2D eigenvalue weighted by Gasteiger charge is 2.32. The highest BCUT2D eigenvalue weighted by molar-refractivity contribution is 6.35. The molecule has 0 saturated carbocycles. The molecule has 100 valence electrons. The first-order valence-corrected chi connectivity index (χ1v) is 7.32. The second kappa shape index (κ2) is 6.25. The predicted octanol–water partition coefficient (Wildman–Crippen LogP) is 3.73. The van der Waals surface area contributed by atoms with Crippen LogP contribution >= 0.6 is 23.2 Å². The van der Waals surface area contributed by atoms with E-state index in [1.165, 1.54) is 12.8 Å². The molecule has 1 aromatic rings. The quantitative estimate of drug-likeness (QED) is 0.918. The normalized spacial score (nSPS) is 25.3. The van der Waals surface area contributed by atoms with E-state index in [2.05, 4.69) is 11.8 Å². The van der Waals surface area contributed by atoms with E-state index < -0.39 is 0 Å². The Kier molecular flexibility index (Phi) is 4.91. The summed E-state index contributed by atoms with van der Waals surface area (Å²) in [7, 11) is 0. The molecule has 1 aliphatic heterocycles. The van der Waals surface area contributed by atoms with Gasteiger partial charge in [0.05, 0.1) is 0 Å². The lowest BCUT2D eigenvalue weighted by Crippen LogP contribution is -2.41. The first-order chi connectivity index (χ1) is 8.67. The fourth-order valence-electron chi connectivity index (χ4n) is 2.95. The minimum absolute atomic E-state index is 0.332. The topological polar surface area (TPSA) is 29.3 Å². The van der Waals surface area contributed by atoms with E-state index in [9.17, 15) is 0 Å². The van der Waals surface area contributed by atoms with Crippen LogP contribution in [0.15, 0.2) is 18.2 Å². The van der Waals surface area contributed by atoms with E-state index in [4.69, 9.17) is 28.9 Å². The Morgan fingerprint density at radius 1 is 1.39 bits per heavy atom. The Bertz CT molecular complexity index is 397. The Labute approximate surface area is 119 Å². The van der Waals surface area contributed by atoms with Crippen LogP contribution in [0, 0.1) is 5.92 Å². The van der Waals surface area contributed by atoms with E-state index in [1.54, 1.807) is 0 Å². The SMILES string of the molecule is CCN1CCCC(CN)C1c1ccc(Cl)cc1Cl. The van der Waals surface area contributed by atoms with Gasteiger partial charge in [-0.05, 0) is 56.1 Å². The number of nitrogens with two attached hydrogens (primary N) is 1. The van der Waals surface area contributed by atoms with Crippen molar-refractivity contribution in [1.29, 1.82) is 0 Å². The average molecular weight is 287 g/mol. The number of likely N-dealkylation sites (tertiary alicyclic amines) is 1. The molecule has 18 heavy (non-hydrogen) atoms. The zero-order valence-electron chi connectivity index (χ0n) is 10.7. The largest absolute Gasteiger partial charge is 0.330 e. The molecule has 0 aromatic heterocycles. The van der Waals surface area contributed by atoms with Crippen molar-refractivity contribution >= 4 is 23.2 Å². The van der Waals surface area contributed by atoms with E-state index in [0.717, 1.165) is 23.7 Å². The molecule has 0 bridgehead atoms. The minimum atomic E-state index is 0.332. The number of rotatable bonds is 3. The Morgan fingerprint density at radius 3 is 2.78 bits per heavy atom. The molecule has 2 rings (SSSR count). The molecule has 1 saturated heterocycles. The van der Waals surface area contributed by atoms with Gasteiger partial charge in [-0.1, -0.05) is 36.2 Å². The van der Waals surface area contributed by atoms with Crippen molar-refractivity contribution in [3.63, 3.8) is 0 Å². The molecule has 4 heteroatoms. The third-order valence-electron chi connectivity index (χ3n) is 3.85. The number of halogens is 2. The van der Waals surface area contributed by atoms with Gasteiger partial charge in [0.25, 0.3) is 0 Å². The highest BCUT2D eigenvalue weighted by atomic mass is 35.5. The highest BCUT2D eigenvalue weighted by Crippen LogP contribution is 2.39. The van der Waals surface area contributed by atoms with Crippen molar-refractivity contribution in [1.82, 2.24) is 4.90 Å². The van der Waals surface area contributed by atoms with Gasteiger partial charge in [-0.15, -0.1) is 0 Å². The van der Waals surface area contributed by atoms with Crippen LogP contribution in [0.25, 0.3) is 0 Å². The number of benzene rings is 1. The number of nitrogens with zero attached hydrogens (tertiary/aromatic N) is 1. The summed E-state index contributed by atoms with van der Waals surface area (Å²) in [6.45, 7) is 5.05. The van der Waals surface area contributed by atoms with Gasteiger partial charge in [0.2, 0.25) is 0 Å². The molecule has 0 spiro atoms. The van der Waals surface area contributed by atoms with E-state index >= 15 is 0 Å². The van der Waals surface area contributed by atoms with Gasteiger partial charge >= 0.3 is 0 Å². The molecule has 2 N–H and O–H groups in total. The fraction of sp³-hybridized carbons (Fsp3) is 0.571. The molecular weight excluding hydrogens is 267 g/mol. The smallest absolute Gasteiger partial charge is 0.0468 e. The molecule has 0 amide bonds. The van der Waals surface area contributed by atoms with Crippen molar-refractivity contribution in [2.45, 2.75) is 25.8 Å². The Hall–Kier alpha value is -0.280. The molecule has 1 heterocycles. The van der Waals surface area contributed by atoms with Gasteiger partial charge in [0, 0.05) is 16.1 Å². The van der Waals surface area contributed by atoms with Crippen LogP contribution in [0.4, 0.5) is 0 Å². The van der Waals surface area contributed by atoms with Gasteiger partial charge in [0.1, 0.15) is 0 Å². The molecular formula is C14H20Cl2N2. The van der Waals surface area contributed by atoms with Crippen LogP contribution in [0.5, 0.6) is 0 Å². The maximum Gasteiger partial charge on any atom is 0.0468 e. The summed E-state index contributed by atoms with van der Waals surface area (Å²) in [5, 5.41) is 1.44. The number of piperidine rings is 1. The van der Waals surface area contributed by atoms with Crippen LogP contribution in [-0.4, -0.2) is 24.5 Å². The fourth-order valence-corrected chi connectivity index (χ4v) is 3.47. The maximum absolute atomic E-state index is 6.36. The minimum Gasteiger partial charge on any atom is -0.330 e. The van der Waals surface area contributed by atoms with Crippen molar-refractivity contribution in [3.8, 4) is 0 Å². The first kappa shape index (κ1) is 14.1. The van der Waals surface area contributed by atoms with Crippen LogP contribution in [-0.2, 0) is 0 Å². The van der Waals surface area contributed by atoms with Gasteiger partial charge in [-0.2, -0.15) is 0 Å². The summed E-state index contributed by atoms with van der Waals surface area (Å²) in [4.78, 5) is 2.47. The zero-order chi connectivity index (χ0) is 13.1. The Balaban J connectivity index is 2.36. The monoisotopic (exact) mass is 286 g/mol. The summed E-state index contributed by atoms with van der Waals surface area (Å²) >= 11 is 12.3. The van der Waals surface area contributed by atoms with E-state index in [0.29, 0.717) is 23.5 Å². The molecule has 2 unspecified atom stereocenters. The van der Waals surface area contributed by atoms with Gasteiger partial charge in [0.15, 0.2) is 0 Å². The number of hydrogen-bond acceptors (Lipinski definition) is 2. The summed E-state index contributed by atoms with van der Waals surface area (Å²) in [6.07, 6.45) is 2.40. The van der Waals surface area contributed by atoms with E-state index in [-0.39, 0.29) is 0 Å².